The smallest absolute Gasteiger partial charge is 0.294 e. The fourth-order valence-corrected chi connectivity index (χ4v) is 4.18. The SMILES string of the molecule is O=C(CN1C(=O)SC(=Cc2cc(Br)cc(Cl)c2O)C1=O)N1CCOCC1. The number of rotatable bonds is 3. The Balaban J connectivity index is 1.77. The number of carbonyl (C=O) groups is 3. The monoisotopic (exact) mass is 460 g/mol. The Morgan fingerprint density at radius 1 is 1.35 bits per heavy atom. The molecule has 0 atom stereocenters. The lowest BCUT2D eigenvalue weighted by Gasteiger charge is -2.28. The number of phenols is 1. The molecule has 10 heteroatoms. The molecule has 2 heterocycles. The number of ether oxygens (including phenoxy) is 1. The molecule has 0 saturated carbocycles. The van der Waals surface area contributed by atoms with E-state index in [0.29, 0.717) is 36.3 Å². The van der Waals surface area contributed by atoms with Gasteiger partial charge in [0.1, 0.15) is 12.3 Å². The van der Waals surface area contributed by atoms with Gasteiger partial charge in [-0.15, -0.1) is 0 Å². The molecule has 1 N–H and O–H groups in total. The van der Waals surface area contributed by atoms with Crippen LogP contribution in [0, 0.1) is 0 Å². The van der Waals surface area contributed by atoms with Crippen LogP contribution in [0.2, 0.25) is 5.02 Å². The van der Waals surface area contributed by atoms with E-state index in [1.807, 2.05) is 0 Å². The van der Waals surface area contributed by atoms with E-state index in [1.165, 1.54) is 12.1 Å². The van der Waals surface area contributed by atoms with Crippen molar-refractivity contribution in [1.82, 2.24) is 9.80 Å². The first kappa shape index (κ1) is 19.2. The van der Waals surface area contributed by atoms with Crippen LogP contribution in [0.4, 0.5) is 4.79 Å². The second-order valence-corrected chi connectivity index (χ2v) is 7.90. The van der Waals surface area contributed by atoms with Crippen LogP contribution in [0.3, 0.4) is 0 Å². The minimum atomic E-state index is -0.572. The van der Waals surface area contributed by atoms with Crippen LogP contribution in [0.15, 0.2) is 21.5 Å². The zero-order chi connectivity index (χ0) is 18.8. The molecule has 26 heavy (non-hydrogen) atoms. The van der Waals surface area contributed by atoms with Gasteiger partial charge in [0.15, 0.2) is 0 Å². The Labute approximate surface area is 167 Å². The summed E-state index contributed by atoms with van der Waals surface area (Å²) < 4.78 is 5.80. The van der Waals surface area contributed by atoms with Crippen molar-refractivity contribution in [3.63, 3.8) is 0 Å². The highest BCUT2D eigenvalue weighted by Crippen LogP contribution is 2.37. The molecule has 2 aliphatic rings. The number of thioether (sulfide) groups is 1. The zero-order valence-electron chi connectivity index (χ0n) is 13.4. The van der Waals surface area contributed by atoms with Crippen molar-refractivity contribution in [2.45, 2.75) is 0 Å². The Kier molecular flexibility index (Phi) is 5.91. The minimum Gasteiger partial charge on any atom is -0.506 e. The average molecular weight is 462 g/mol. The maximum Gasteiger partial charge on any atom is 0.294 e. The topological polar surface area (TPSA) is 87.2 Å². The number of nitrogens with zero attached hydrogens (tertiary/aromatic N) is 2. The average Bonchev–Trinajstić information content (AvgIpc) is 2.87. The van der Waals surface area contributed by atoms with E-state index in [1.54, 1.807) is 11.0 Å². The number of benzene rings is 1. The van der Waals surface area contributed by atoms with Crippen molar-refractivity contribution in [3.05, 3.63) is 32.1 Å². The predicted molar refractivity (Wildman–Crippen MR) is 101 cm³/mol. The second kappa shape index (κ2) is 7.99. The highest BCUT2D eigenvalue weighted by molar-refractivity contribution is 9.10. The Morgan fingerprint density at radius 3 is 2.73 bits per heavy atom. The molecular formula is C16H14BrClN2O5S. The quantitative estimate of drug-likeness (QED) is 0.697. The van der Waals surface area contributed by atoms with Crippen molar-refractivity contribution in [3.8, 4) is 5.75 Å². The Bertz CT molecular complexity index is 810. The highest BCUT2D eigenvalue weighted by atomic mass is 79.9. The standard InChI is InChI=1S/C16H14BrClN2O5S/c17-10-5-9(14(22)11(18)7-10)6-12-15(23)20(16(24)26-12)8-13(21)19-1-3-25-4-2-19/h5-7,22H,1-4,8H2. The third-order valence-corrected chi connectivity index (χ3v) is 5.53. The number of aromatic hydroxyl groups is 1. The second-order valence-electron chi connectivity index (χ2n) is 5.59. The van der Waals surface area contributed by atoms with Gasteiger partial charge in [0.25, 0.3) is 11.1 Å². The van der Waals surface area contributed by atoms with Gasteiger partial charge < -0.3 is 14.7 Å². The summed E-state index contributed by atoms with van der Waals surface area (Å²) in [7, 11) is 0. The van der Waals surface area contributed by atoms with Crippen LogP contribution >= 0.6 is 39.3 Å². The van der Waals surface area contributed by atoms with Gasteiger partial charge in [-0.25, -0.2) is 0 Å². The highest BCUT2D eigenvalue weighted by Gasteiger charge is 2.37. The summed E-state index contributed by atoms with van der Waals surface area (Å²) in [5.41, 5.74) is 0.300. The summed E-state index contributed by atoms with van der Waals surface area (Å²) in [6.45, 7) is 1.45. The van der Waals surface area contributed by atoms with Crippen LogP contribution in [-0.2, 0) is 14.3 Å². The molecule has 138 valence electrons. The van der Waals surface area contributed by atoms with Gasteiger partial charge in [0, 0.05) is 23.1 Å². The number of morpholine rings is 1. The first-order valence-corrected chi connectivity index (χ1v) is 9.64. The van der Waals surface area contributed by atoms with Gasteiger partial charge in [-0.1, -0.05) is 27.5 Å². The van der Waals surface area contributed by atoms with Crippen LogP contribution < -0.4 is 0 Å². The maximum absolute atomic E-state index is 12.5. The first-order chi connectivity index (χ1) is 12.4. The van der Waals surface area contributed by atoms with E-state index in [0.717, 1.165) is 16.7 Å². The summed E-state index contributed by atoms with van der Waals surface area (Å²) in [5, 5.41) is 9.62. The number of carbonyl (C=O) groups excluding carboxylic acids is 3. The van der Waals surface area contributed by atoms with Crippen LogP contribution in [-0.4, -0.2) is 64.8 Å². The molecule has 0 bridgehead atoms. The molecule has 0 aromatic heterocycles. The fraction of sp³-hybridized carbons (Fsp3) is 0.312. The third kappa shape index (κ3) is 4.06. The van der Waals surface area contributed by atoms with Gasteiger partial charge in [0.05, 0.1) is 23.1 Å². The maximum atomic E-state index is 12.5. The van der Waals surface area contributed by atoms with E-state index >= 15 is 0 Å². The molecule has 3 rings (SSSR count). The van der Waals surface area contributed by atoms with Gasteiger partial charge in [-0.3, -0.25) is 19.3 Å². The minimum absolute atomic E-state index is 0.118. The lowest BCUT2D eigenvalue weighted by molar-refractivity contribution is -0.139. The van der Waals surface area contributed by atoms with E-state index in [-0.39, 0.29) is 28.1 Å². The molecule has 2 saturated heterocycles. The number of imide groups is 1. The molecule has 3 amide bonds. The lowest BCUT2D eigenvalue weighted by atomic mass is 10.2. The van der Waals surface area contributed by atoms with E-state index in [4.69, 9.17) is 16.3 Å². The summed E-state index contributed by atoms with van der Waals surface area (Å²) in [6, 6.07) is 3.09. The number of hydrogen-bond acceptors (Lipinski definition) is 6. The van der Waals surface area contributed by atoms with Crippen LogP contribution in [0.25, 0.3) is 6.08 Å². The van der Waals surface area contributed by atoms with Crippen molar-refractivity contribution in [1.29, 1.82) is 0 Å². The molecule has 1 aromatic carbocycles. The summed E-state index contributed by atoms with van der Waals surface area (Å²) in [5.74, 6) is -1.06. The molecule has 0 radical (unpaired) electrons. The van der Waals surface area contributed by atoms with Gasteiger partial charge in [0.2, 0.25) is 5.91 Å². The van der Waals surface area contributed by atoms with Crippen molar-refractivity contribution in [2.75, 3.05) is 32.8 Å². The molecular weight excluding hydrogens is 448 g/mol. The number of halogens is 2. The normalized spacial score (nSPS) is 19.5. The molecule has 2 fully saturated rings. The molecule has 0 aliphatic carbocycles. The largest absolute Gasteiger partial charge is 0.506 e. The zero-order valence-corrected chi connectivity index (χ0v) is 16.6. The van der Waals surface area contributed by atoms with Crippen molar-refractivity contribution < 1.29 is 24.2 Å². The Morgan fingerprint density at radius 2 is 2.04 bits per heavy atom. The van der Waals surface area contributed by atoms with Crippen molar-refractivity contribution in [2.24, 2.45) is 0 Å². The number of amides is 3. The van der Waals surface area contributed by atoms with Crippen molar-refractivity contribution >= 4 is 62.4 Å². The van der Waals surface area contributed by atoms with Crippen LogP contribution in [0.5, 0.6) is 5.75 Å². The summed E-state index contributed by atoms with van der Waals surface area (Å²) in [4.78, 5) is 39.5. The first-order valence-electron chi connectivity index (χ1n) is 7.65. The predicted octanol–water partition coefficient (Wildman–Crippen LogP) is 2.70. The van der Waals surface area contributed by atoms with E-state index in [2.05, 4.69) is 15.9 Å². The van der Waals surface area contributed by atoms with Crippen LogP contribution in [0.1, 0.15) is 5.56 Å². The van der Waals surface area contributed by atoms with Gasteiger partial charge >= 0.3 is 0 Å². The Hall–Kier alpha value is -1.55. The third-order valence-electron chi connectivity index (χ3n) is 3.88. The number of phenolic OH excluding ortho intramolecular Hbond substituents is 1. The lowest BCUT2D eigenvalue weighted by Crippen LogP contribution is -2.46. The van der Waals surface area contributed by atoms with Gasteiger partial charge in [-0.2, -0.15) is 0 Å². The summed E-state index contributed by atoms with van der Waals surface area (Å²) >= 11 is 9.89. The number of hydrogen-bond donors (Lipinski definition) is 1. The fourth-order valence-electron chi connectivity index (χ4n) is 2.52. The molecule has 7 nitrogen and oxygen atoms in total. The van der Waals surface area contributed by atoms with E-state index in [9.17, 15) is 19.5 Å². The molecule has 0 unspecified atom stereocenters. The summed E-state index contributed by atoms with van der Waals surface area (Å²) in [6.07, 6.45) is 1.39. The molecule has 0 spiro atoms. The molecule has 1 aromatic rings. The van der Waals surface area contributed by atoms with Gasteiger partial charge in [-0.05, 0) is 30.0 Å². The molecule has 2 aliphatic heterocycles. The van der Waals surface area contributed by atoms with E-state index < -0.39 is 11.1 Å².